The summed E-state index contributed by atoms with van der Waals surface area (Å²) in [6, 6.07) is 8.14. The summed E-state index contributed by atoms with van der Waals surface area (Å²) in [6.07, 6.45) is -1.29. The Morgan fingerprint density at radius 3 is 2.57 bits per heavy atom. The van der Waals surface area contributed by atoms with Gasteiger partial charge in [-0.2, -0.15) is 13.2 Å². The standard InChI is InChI=1S/C14H12F3N3O/c15-14(16,17)12-3-1-2-10(8-12)9-21-20-13(18)11-4-6-19-7-5-11/h1-8H,9H2,(H2,18,20). The van der Waals surface area contributed by atoms with Crippen LogP contribution in [0.2, 0.25) is 0 Å². The van der Waals surface area contributed by atoms with Crippen LogP contribution >= 0.6 is 0 Å². The van der Waals surface area contributed by atoms with Crippen molar-refractivity contribution in [2.75, 3.05) is 0 Å². The lowest BCUT2D eigenvalue weighted by atomic mass is 10.1. The lowest BCUT2D eigenvalue weighted by Gasteiger charge is -2.08. The number of benzene rings is 1. The van der Waals surface area contributed by atoms with Gasteiger partial charge in [-0.25, -0.2) is 0 Å². The van der Waals surface area contributed by atoms with Crippen LogP contribution in [-0.4, -0.2) is 10.8 Å². The maximum absolute atomic E-state index is 12.5. The molecule has 0 unspecified atom stereocenters. The molecule has 2 rings (SSSR count). The Kier molecular flexibility index (Phi) is 4.42. The number of aromatic nitrogens is 1. The second kappa shape index (κ2) is 6.25. The van der Waals surface area contributed by atoms with E-state index in [2.05, 4.69) is 10.1 Å². The SMILES string of the molecule is N/C(=N\OCc1cccc(C(F)(F)F)c1)c1ccncc1. The Balaban J connectivity index is 2.01. The molecular formula is C14H12F3N3O. The quantitative estimate of drug-likeness (QED) is 0.536. The number of hydrogen-bond acceptors (Lipinski definition) is 3. The van der Waals surface area contributed by atoms with Crippen LogP contribution in [0.15, 0.2) is 53.9 Å². The summed E-state index contributed by atoms with van der Waals surface area (Å²) < 4.78 is 37.6. The molecule has 1 heterocycles. The maximum atomic E-state index is 12.5. The molecule has 0 saturated heterocycles. The van der Waals surface area contributed by atoms with Crippen molar-refractivity contribution in [1.82, 2.24) is 4.98 Å². The third-order valence-corrected chi connectivity index (χ3v) is 2.62. The van der Waals surface area contributed by atoms with Crippen molar-refractivity contribution >= 4 is 5.84 Å². The molecule has 1 aromatic heterocycles. The molecule has 110 valence electrons. The van der Waals surface area contributed by atoms with Gasteiger partial charge in [-0.3, -0.25) is 4.98 Å². The molecule has 0 bridgehead atoms. The first-order valence-electron chi connectivity index (χ1n) is 5.99. The van der Waals surface area contributed by atoms with E-state index in [1.165, 1.54) is 12.1 Å². The number of hydrogen-bond donors (Lipinski definition) is 1. The molecule has 4 nitrogen and oxygen atoms in total. The van der Waals surface area contributed by atoms with Crippen LogP contribution in [0.4, 0.5) is 13.2 Å². The fourth-order valence-electron chi connectivity index (χ4n) is 1.59. The molecule has 7 heteroatoms. The first kappa shape index (κ1) is 14.8. The van der Waals surface area contributed by atoms with E-state index in [-0.39, 0.29) is 12.4 Å². The van der Waals surface area contributed by atoms with E-state index in [0.717, 1.165) is 12.1 Å². The fraction of sp³-hybridized carbons (Fsp3) is 0.143. The summed E-state index contributed by atoms with van der Waals surface area (Å²) in [5.74, 6) is 0.129. The number of nitrogens with two attached hydrogens (primary N) is 1. The molecule has 2 aromatic rings. The van der Waals surface area contributed by atoms with Crippen LogP contribution in [0.5, 0.6) is 0 Å². The minimum atomic E-state index is -4.38. The van der Waals surface area contributed by atoms with E-state index in [1.54, 1.807) is 24.5 Å². The van der Waals surface area contributed by atoms with Crippen molar-refractivity contribution in [3.8, 4) is 0 Å². The molecular weight excluding hydrogens is 283 g/mol. The van der Waals surface area contributed by atoms with Gasteiger partial charge in [-0.1, -0.05) is 17.3 Å². The van der Waals surface area contributed by atoms with Crippen molar-refractivity contribution in [2.45, 2.75) is 12.8 Å². The van der Waals surface area contributed by atoms with Gasteiger partial charge in [0, 0.05) is 18.0 Å². The molecule has 0 saturated carbocycles. The zero-order chi connectivity index (χ0) is 15.3. The summed E-state index contributed by atoms with van der Waals surface area (Å²) in [5, 5.41) is 3.67. The zero-order valence-electron chi connectivity index (χ0n) is 10.8. The Bertz CT molecular complexity index is 627. The first-order chi connectivity index (χ1) is 9.97. The molecule has 0 fully saturated rings. The maximum Gasteiger partial charge on any atom is 0.416 e. The number of rotatable bonds is 4. The topological polar surface area (TPSA) is 60.5 Å². The van der Waals surface area contributed by atoms with E-state index >= 15 is 0 Å². The predicted octanol–water partition coefficient (Wildman–Crippen LogP) is 2.94. The number of halogens is 3. The van der Waals surface area contributed by atoms with Crippen LogP contribution < -0.4 is 5.73 Å². The Hall–Kier alpha value is -2.57. The minimum Gasteiger partial charge on any atom is -0.389 e. The van der Waals surface area contributed by atoms with Crippen molar-refractivity contribution in [2.24, 2.45) is 10.9 Å². The van der Waals surface area contributed by atoms with Gasteiger partial charge in [-0.05, 0) is 29.8 Å². The first-order valence-corrected chi connectivity index (χ1v) is 5.99. The smallest absolute Gasteiger partial charge is 0.389 e. The highest BCUT2D eigenvalue weighted by atomic mass is 19.4. The summed E-state index contributed by atoms with van der Waals surface area (Å²) >= 11 is 0. The van der Waals surface area contributed by atoms with E-state index in [9.17, 15) is 13.2 Å². The van der Waals surface area contributed by atoms with Gasteiger partial charge in [0.05, 0.1) is 5.56 Å². The van der Waals surface area contributed by atoms with Gasteiger partial charge in [0.2, 0.25) is 0 Å². The third kappa shape index (κ3) is 4.20. The second-order valence-corrected chi connectivity index (χ2v) is 4.18. The monoisotopic (exact) mass is 295 g/mol. The number of nitrogens with zero attached hydrogens (tertiary/aromatic N) is 2. The predicted molar refractivity (Wildman–Crippen MR) is 71.2 cm³/mol. The molecule has 0 aliphatic rings. The van der Waals surface area contributed by atoms with Gasteiger partial charge in [-0.15, -0.1) is 0 Å². The molecule has 0 amide bonds. The highest BCUT2D eigenvalue weighted by Crippen LogP contribution is 2.29. The minimum absolute atomic E-state index is 0.101. The van der Waals surface area contributed by atoms with Gasteiger partial charge in [0.15, 0.2) is 5.84 Å². The normalized spacial score (nSPS) is 12.2. The number of amidine groups is 1. The highest BCUT2D eigenvalue weighted by molar-refractivity contribution is 5.96. The number of alkyl halides is 3. The fourth-order valence-corrected chi connectivity index (χ4v) is 1.59. The highest BCUT2D eigenvalue weighted by Gasteiger charge is 2.30. The number of oxime groups is 1. The molecule has 2 N–H and O–H groups in total. The van der Waals surface area contributed by atoms with Crippen molar-refractivity contribution < 1.29 is 18.0 Å². The van der Waals surface area contributed by atoms with Gasteiger partial charge >= 0.3 is 6.18 Å². The van der Waals surface area contributed by atoms with Crippen LogP contribution in [0.25, 0.3) is 0 Å². The molecule has 0 aliphatic carbocycles. The Labute approximate surface area is 119 Å². The lowest BCUT2D eigenvalue weighted by molar-refractivity contribution is -0.137. The molecule has 0 spiro atoms. The second-order valence-electron chi connectivity index (χ2n) is 4.18. The number of pyridine rings is 1. The molecule has 1 aromatic carbocycles. The average molecular weight is 295 g/mol. The molecule has 21 heavy (non-hydrogen) atoms. The molecule has 0 atom stereocenters. The van der Waals surface area contributed by atoms with Crippen molar-refractivity contribution in [3.05, 3.63) is 65.5 Å². The van der Waals surface area contributed by atoms with Gasteiger partial charge < -0.3 is 10.6 Å². The van der Waals surface area contributed by atoms with Crippen molar-refractivity contribution in [1.29, 1.82) is 0 Å². The largest absolute Gasteiger partial charge is 0.416 e. The van der Waals surface area contributed by atoms with Crippen LogP contribution in [0, 0.1) is 0 Å². The van der Waals surface area contributed by atoms with Crippen LogP contribution in [0.1, 0.15) is 16.7 Å². The summed E-state index contributed by atoms with van der Waals surface area (Å²) in [7, 11) is 0. The third-order valence-electron chi connectivity index (χ3n) is 2.62. The summed E-state index contributed by atoms with van der Waals surface area (Å²) in [5.41, 5.74) is 5.93. The van der Waals surface area contributed by atoms with Crippen molar-refractivity contribution in [3.63, 3.8) is 0 Å². The van der Waals surface area contributed by atoms with Gasteiger partial charge in [0.25, 0.3) is 0 Å². The summed E-state index contributed by atoms with van der Waals surface area (Å²) in [6.45, 7) is -0.101. The zero-order valence-corrected chi connectivity index (χ0v) is 10.8. The van der Waals surface area contributed by atoms with E-state index < -0.39 is 11.7 Å². The van der Waals surface area contributed by atoms with Crippen LogP contribution in [0.3, 0.4) is 0 Å². The Morgan fingerprint density at radius 1 is 1.19 bits per heavy atom. The average Bonchev–Trinajstić information content (AvgIpc) is 2.47. The van der Waals surface area contributed by atoms with E-state index in [0.29, 0.717) is 11.1 Å². The molecule has 0 radical (unpaired) electrons. The van der Waals surface area contributed by atoms with Crippen LogP contribution in [-0.2, 0) is 17.6 Å². The van der Waals surface area contributed by atoms with Gasteiger partial charge in [0.1, 0.15) is 6.61 Å². The van der Waals surface area contributed by atoms with E-state index in [4.69, 9.17) is 10.6 Å². The Morgan fingerprint density at radius 2 is 1.90 bits per heavy atom. The lowest BCUT2D eigenvalue weighted by Crippen LogP contribution is -2.13. The van der Waals surface area contributed by atoms with E-state index in [1.807, 2.05) is 0 Å². The summed E-state index contributed by atoms with van der Waals surface area (Å²) in [4.78, 5) is 8.81. The molecule has 0 aliphatic heterocycles.